The lowest BCUT2D eigenvalue weighted by atomic mass is 10.2. The summed E-state index contributed by atoms with van der Waals surface area (Å²) >= 11 is 4.80. The Morgan fingerprint density at radius 2 is 1.88 bits per heavy atom. The van der Waals surface area contributed by atoms with Gasteiger partial charge in [0.25, 0.3) is 0 Å². The van der Waals surface area contributed by atoms with Crippen molar-refractivity contribution in [3.05, 3.63) is 48.0 Å². The zero-order valence-electron chi connectivity index (χ0n) is 13.9. The molecule has 0 amide bonds. The van der Waals surface area contributed by atoms with E-state index in [2.05, 4.69) is 28.2 Å². The fraction of sp³-hybridized carbons (Fsp3) is 0.294. The first-order valence-corrected chi connectivity index (χ1v) is 11.2. The van der Waals surface area contributed by atoms with Crippen LogP contribution in [0.5, 0.6) is 0 Å². The molecule has 2 aromatic carbocycles. The average Bonchev–Trinajstić information content (AvgIpc) is 2.56. The number of nitrogens with one attached hydrogen (secondary N) is 1. The summed E-state index contributed by atoms with van der Waals surface area (Å²) in [7, 11) is -3.82. The molecule has 0 radical (unpaired) electrons. The van der Waals surface area contributed by atoms with Crippen molar-refractivity contribution in [2.45, 2.75) is 39.8 Å². The summed E-state index contributed by atoms with van der Waals surface area (Å²) in [5, 5.41) is 9.40. The Hall–Kier alpha value is -0.540. The molecule has 0 unspecified atom stereocenters. The number of nitrogens with two attached hydrogens (primary N) is 1. The molecule has 138 valence electrons. The number of primary sulfonamides is 1. The molecule has 4 nitrogen and oxygen atoms in total. The predicted molar refractivity (Wildman–Crippen MR) is 115 cm³/mol. The van der Waals surface area contributed by atoms with Gasteiger partial charge in [0.15, 0.2) is 0 Å². The SMILES string of the molecule is Br.CCCCNc1cc(CBr)cc(S(N)(=O)=O)c1Sc1ccccc1. The highest BCUT2D eigenvalue weighted by Crippen LogP contribution is 2.39. The van der Waals surface area contributed by atoms with Crippen molar-refractivity contribution in [1.29, 1.82) is 0 Å². The van der Waals surface area contributed by atoms with Gasteiger partial charge in [0.1, 0.15) is 0 Å². The van der Waals surface area contributed by atoms with E-state index in [0.29, 0.717) is 10.2 Å². The number of benzene rings is 2. The second-order valence-electron chi connectivity index (χ2n) is 5.34. The molecule has 2 rings (SSSR count). The van der Waals surface area contributed by atoms with Crippen molar-refractivity contribution in [1.82, 2.24) is 0 Å². The van der Waals surface area contributed by atoms with Crippen LogP contribution in [-0.2, 0) is 15.4 Å². The molecule has 25 heavy (non-hydrogen) atoms. The van der Waals surface area contributed by atoms with Crippen molar-refractivity contribution in [3.63, 3.8) is 0 Å². The van der Waals surface area contributed by atoms with E-state index in [9.17, 15) is 8.42 Å². The van der Waals surface area contributed by atoms with Gasteiger partial charge in [-0.3, -0.25) is 0 Å². The number of alkyl halides is 1. The third kappa shape index (κ3) is 6.60. The molecule has 2 aromatic rings. The summed E-state index contributed by atoms with van der Waals surface area (Å²) in [6, 6.07) is 13.3. The summed E-state index contributed by atoms with van der Waals surface area (Å²) < 4.78 is 24.2. The standard InChI is InChI=1S/C17H21BrN2O2S2.BrH/c1-2-3-9-20-15-10-13(12-18)11-16(24(19,21)22)17(15)23-14-7-5-4-6-8-14;/h4-8,10-11,20H,2-3,9,12H2,1H3,(H2,19,21,22);1H. The Bertz CT molecular complexity index is 785. The second-order valence-corrected chi connectivity index (χ2v) is 8.52. The summed E-state index contributed by atoms with van der Waals surface area (Å²) in [5.41, 5.74) is 1.67. The average molecular weight is 510 g/mol. The summed E-state index contributed by atoms with van der Waals surface area (Å²) in [4.78, 5) is 1.77. The van der Waals surface area contributed by atoms with Gasteiger partial charge in [-0.25, -0.2) is 13.6 Å². The van der Waals surface area contributed by atoms with E-state index < -0.39 is 10.0 Å². The van der Waals surface area contributed by atoms with Crippen LogP contribution in [0.3, 0.4) is 0 Å². The number of sulfonamides is 1. The lowest BCUT2D eigenvalue weighted by molar-refractivity contribution is 0.595. The second kappa shape index (κ2) is 10.6. The monoisotopic (exact) mass is 508 g/mol. The molecule has 0 aliphatic heterocycles. The molecule has 0 aliphatic carbocycles. The van der Waals surface area contributed by atoms with Gasteiger partial charge in [0, 0.05) is 22.5 Å². The highest BCUT2D eigenvalue weighted by Gasteiger charge is 2.20. The maximum absolute atomic E-state index is 12.1. The van der Waals surface area contributed by atoms with Crippen LogP contribution < -0.4 is 10.5 Å². The van der Waals surface area contributed by atoms with Crippen LogP contribution in [0.15, 0.2) is 57.2 Å². The van der Waals surface area contributed by atoms with Crippen LogP contribution in [0, 0.1) is 0 Å². The minimum absolute atomic E-state index is 0. The van der Waals surface area contributed by atoms with E-state index in [0.717, 1.165) is 35.5 Å². The Labute approximate surface area is 172 Å². The van der Waals surface area contributed by atoms with Crippen molar-refractivity contribution in [3.8, 4) is 0 Å². The molecule has 0 atom stereocenters. The number of unbranched alkanes of at least 4 members (excludes halogenated alkanes) is 1. The maximum Gasteiger partial charge on any atom is 0.239 e. The Kier molecular flexibility index (Phi) is 9.51. The first-order valence-electron chi connectivity index (χ1n) is 7.68. The molecule has 0 aliphatic rings. The highest BCUT2D eigenvalue weighted by molar-refractivity contribution is 9.08. The minimum atomic E-state index is -3.82. The fourth-order valence-corrected chi connectivity index (χ4v) is 4.60. The first kappa shape index (κ1) is 22.5. The molecule has 0 spiro atoms. The van der Waals surface area contributed by atoms with E-state index in [-0.39, 0.29) is 21.9 Å². The third-order valence-electron chi connectivity index (χ3n) is 3.38. The van der Waals surface area contributed by atoms with Crippen LogP contribution >= 0.6 is 44.7 Å². The van der Waals surface area contributed by atoms with E-state index >= 15 is 0 Å². The summed E-state index contributed by atoms with van der Waals surface area (Å²) in [6.07, 6.45) is 2.08. The Morgan fingerprint density at radius 3 is 2.44 bits per heavy atom. The normalized spacial score (nSPS) is 11.0. The third-order valence-corrected chi connectivity index (χ3v) is 6.25. The van der Waals surface area contributed by atoms with Gasteiger partial charge >= 0.3 is 0 Å². The number of rotatable bonds is 8. The molecular weight excluding hydrogens is 488 g/mol. The van der Waals surface area contributed by atoms with E-state index in [4.69, 9.17) is 5.14 Å². The zero-order valence-corrected chi connectivity index (χ0v) is 18.8. The first-order chi connectivity index (χ1) is 11.5. The fourth-order valence-electron chi connectivity index (χ4n) is 2.19. The van der Waals surface area contributed by atoms with Crippen molar-refractivity contribution in [2.75, 3.05) is 11.9 Å². The van der Waals surface area contributed by atoms with Crippen LogP contribution in [0.1, 0.15) is 25.3 Å². The van der Waals surface area contributed by atoms with Crippen molar-refractivity contribution >= 4 is 60.4 Å². The lowest BCUT2D eigenvalue weighted by Crippen LogP contribution is -2.15. The number of hydrogen-bond acceptors (Lipinski definition) is 4. The van der Waals surface area contributed by atoms with Gasteiger partial charge in [-0.05, 0) is 36.2 Å². The number of anilines is 1. The van der Waals surface area contributed by atoms with Crippen LogP contribution in [-0.4, -0.2) is 15.0 Å². The lowest BCUT2D eigenvalue weighted by Gasteiger charge is -2.16. The van der Waals surface area contributed by atoms with Gasteiger partial charge in [0.2, 0.25) is 10.0 Å². The van der Waals surface area contributed by atoms with Crippen LogP contribution in [0.2, 0.25) is 0 Å². The molecule has 0 saturated carbocycles. The Balaban J connectivity index is 0.00000312. The number of hydrogen-bond donors (Lipinski definition) is 2. The van der Waals surface area contributed by atoms with Gasteiger partial charge in [-0.15, -0.1) is 17.0 Å². The molecule has 0 fully saturated rings. The van der Waals surface area contributed by atoms with Gasteiger partial charge in [-0.2, -0.15) is 0 Å². The van der Waals surface area contributed by atoms with Gasteiger partial charge in [-0.1, -0.05) is 59.2 Å². The molecule has 0 saturated heterocycles. The molecule has 0 heterocycles. The van der Waals surface area contributed by atoms with E-state index in [1.54, 1.807) is 6.07 Å². The number of halogens is 2. The van der Waals surface area contributed by atoms with E-state index in [1.165, 1.54) is 11.8 Å². The van der Waals surface area contributed by atoms with Crippen LogP contribution in [0.4, 0.5) is 5.69 Å². The summed E-state index contributed by atoms with van der Waals surface area (Å²) in [6.45, 7) is 2.90. The van der Waals surface area contributed by atoms with Crippen LogP contribution in [0.25, 0.3) is 0 Å². The van der Waals surface area contributed by atoms with Crippen molar-refractivity contribution < 1.29 is 8.42 Å². The smallest absolute Gasteiger partial charge is 0.239 e. The minimum Gasteiger partial charge on any atom is -0.384 e. The van der Waals surface area contributed by atoms with Gasteiger partial charge < -0.3 is 5.32 Å². The summed E-state index contributed by atoms with van der Waals surface area (Å²) in [5.74, 6) is 0. The van der Waals surface area contributed by atoms with Crippen molar-refractivity contribution in [2.24, 2.45) is 5.14 Å². The molecule has 0 bridgehead atoms. The Morgan fingerprint density at radius 1 is 1.20 bits per heavy atom. The molecule has 8 heteroatoms. The molecule has 3 N–H and O–H groups in total. The van der Waals surface area contributed by atoms with Gasteiger partial charge in [0.05, 0.1) is 9.79 Å². The zero-order chi connectivity index (χ0) is 17.6. The topological polar surface area (TPSA) is 72.2 Å². The maximum atomic E-state index is 12.1. The highest BCUT2D eigenvalue weighted by atomic mass is 79.9. The van der Waals surface area contributed by atoms with E-state index in [1.807, 2.05) is 36.4 Å². The quantitative estimate of drug-likeness (QED) is 0.380. The largest absolute Gasteiger partial charge is 0.384 e. The molecular formula is C17H22Br2N2O2S2. The molecule has 0 aromatic heterocycles. The predicted octanol–water partition coefficient (Wildman–Crippen LogP) is 5.17.